The summed E-state index contributed by atoms with van der Waals surface area (Å²) in [4.78, 5) is 24.3. The number of aliphatic carboxylic acids is 1. The second-order valence-electron chi connectivity index (χ2n) is 8.30. The van der Waals surface area contributed by atoms with E-state index in [2.05, 4.69) is 20.8 Å². The molecule has 0 spiro atoms. The minimum absolute atomic E-state index is 0.0604. The Hall–Kier alpha value is -1.16. The van der Waals surface area contributed by atoms with Gasteiger partial charge in [0.15, 0.2) is 0 Å². The van der Waals surface area contributed by atoms with Gasteiger partial charge in [-0.25, -0.2) is 0 Å². The summed E-state index contributed by atoms with van der Waals surface area (Å²) in [6, 6.07) is 0. The molecule has 0 radical (unpaired) electrons. The molecule has 2 N–H and O–H groups in total. The number of unbranched alkanes of at least 4 members (excludes halogenated alkanes) is 4. The first-order chi connectivity index (χ1) is 12.9. The topological polar surface area (TPSA) is 74.6 Å². The standard InChI is InChI=1S/C23H40O4/c1-4-7-9-11-19(22(25)26)21-18(12-13-20(21)24)14-17-23(27,15-6-3)16-10-8-5-2/h14,17-19,21,27H,4-13,15-16H2,1-3H3,(H,25,26)/t18-,19?,21-,23?/m1/s1. The fourth-order valence-electron chi connectivity index (χ4n) is 4.41. The second-order valence-corrected chi connectivity index (χ2v) is 8.30. The fraction of sp³-hybridized carbons (Fsp3) is 0.826. The number of carboxylic acids is 1. The van der Waals surface area contributed by atoms with Crippen LogP contribution in [0, 0.1) is 17.8 Å². The Kier molecular flexibility index (Phi) is 10.9. The average molecular weight is 381 g/mol. The van der Waals surface area contributed by atoms with Crippen LogP contribution in [0.4, 0.5) is 0 Å². The summed E-state index contributed by atoms with van der Waals surface area (Å²) in [5.74, 6) is -1.86. The molecule has 4 heteroatoms. The van der Waals surface area contributed by atoms with Crippen molar-refractivity contribution in [3.8, 4) is 0 Å². The third-order valence-electron chi connectivity index (χ3n) is 5.98. The Bertz CT molecular complexity index is 485. The van der Waals surface area contributed by atoms with E-state index in [1.54, 1.807) is 0 Å². The third-order valence-corrected chi connectivity index (χ3v) is 5.98. The molecule has 0 aromatic heterocycles. The lowest BCUT2D eigenvalue weighted by atomic mass is 9.79. The number of carbonyl (C=O) groups excluding carboxylic acids is 1. The Morgan fingerprint density at radius 3 is 2.37 bits per heavy atom. The highest BCUT2D eigenvalue weighted by Crippen LogP contribution is 2.38. The summed E-state index contributed by atoms with van der Waals surface area (Å²) < 4.78 is 0. The zero-order valence-corrected chi connectivity index (χ0v) is 17.6. The van der Waals surface area contributed by atoms with Crippen molar-refractivity contribution in [1.29, 1.82) is 0 Å². The van der Waals surface area contributed by atoms with Crippen molar-refractivity contribution in [2.24, 2.45) is 17.8 Å². The molecule has 1 aliphatic rings. The van der Waals surface area contributed by atoms with E-state index in [1.807, 2.05) is 12.2 Å². The van der Waals surface area contributed by atoms with E-state index in [0.717, 1.165) is 51.4 Å². The molecule has 1 fully saturated rings. The second kappa shape index (κ2) is 12.3. The van der Waals surface area contributed by atoms with Gasteiger partial charge < -0.3 is 10.2 Å². The Morgan fingerprint density at radius 1 is 1.11 bits per heavy atom. The van der Waals surface area contributed by atoms with E-state index in [0.29, 0.717) is 25.7 Å². The molecule has 0 heterocycles. The van der Waals surface area contributed by atoms with Gasteiger partial charge in [0, 0.05) is 12.3 Å². The molecule has 4 nitrogen and oxygen atoms in total. The number of ketones is 1. The molecule has 0 aromatic rings. The first-order valence-corrected chi connectivity index (χ1v) is 11.1. The molecule has 1 rings (SSSR count). The summed E-state index contributed by atoms with van der Waals surface area (Å²) >= 11 is 0. The zero-order valence-electron chi connectivity index (χ0n) is 17.6. The molecule has 27 heavy (non-hydrogen) atoms. The Labute approximate surface area is 165 Å². The van der Waals surface area contributed by atoms with Gasteiger partial charge in [-0.2, -0.15) is 0 Å². The predicted octanol–water partition coefficient (Wildman–Crippen LogP) is 5.53. The van der Waals surface area contributed by atoms with E-state index < -0.39 is 23.4 Å². The van der Waals surface area contributed by atoms with Gasteiger partial charge in [-0.1, -0.05) is 77.9 Å². The van der Waals surface area contributed by atoms with Crippen LogP contribution in [-0.4, -0.2) is 27.6 Å². The van der Waals surface area contributed by atoms with E-state index in [-0.39, 0.29) is 11.7 Å². The van der Waals surface area contributed by atoms with Crippen molar-refractivity contribution in [3.63, 3.8) is 0 Å². The van der Waals surface area contributed by atoms with Crippen LogP contribution in [0.1, 0.15) is 97.8 Å². The highest BCUT2D eigenvalue weighted by Gasteiger charge is 2.42. The minimum Gasteiger partial charge on any atom is -0.481 e. The van der Waals surface area contributed by atoms with Gasteiger partial charge in [-0.3, -0.25) is 9.59 Å². The maximum Gasteiger partial charge on any atom is 0.307 e. The number of aliphatic hydroxyl groups is 1. The van der Waals surface area contributed by atoms with Crippen LogP contribution in [0.3, 0.4) is 0 Å². The predicted molar refractivity (Wildman–Crippen MR) is 110 cm³/mol. The molecule has 156 valence electrons. The van der Waals surface area contributed by atoms with E-state index in [1.165, 1.54) is 0 Å². The van der Waals surface area contributed by atoms with E-state index in [9.17, 15) is 19.8 Å². The lowest BCUT2D eigenvalue weighted by molar-refractivity contribution is -0.147. The molecule has 0 amide bonds. The Balaban J connectivity index is 2.88. The number of carboxylic acid groups (broad SMARTS) is 1. The number of Topliss-reactive ketones (excluding diaryl/α,β-unsaturated/α-hetero) is 1. The first kappa shape index (κ1) is 23.9. The molecule has 2 unspecified atom stereocenters. The molecular weight excluding hydrogens is 340 g/mol. The lowest BCUT2D eigenvalue weighted by Gasteiger charge is -2.27. The van der Waals surface area contributed by atoms with Gasteiger partial charge in [0.1, 0.15) is 5.78 Å². The normalized spacial score (nSPS) is 23.6. The van der Waals surface area contributed by atoms with Crippen molar-refractivity contribution in [3.05, 3.63) is 12.2 Å². The monoisotopic (exact) mass is 380 g/mol. The minimum atomic E-state index is -0.850. The fourth-order valence-corrected chi connectivity index (χ4v) is 4.41. The van der Waals surface area contributed by atoms with Crippen LogP contribution < -0.4 is 0 Å². The number of allylic oxidation sites excluding steroid dienone is 1. The summed E-state index contributed by atoms with van der Waals surface area (Å²) in [5.41, 5.74) is -0.832. The average Bonchev–Trinajstić information content (AvgIpc) is 2.98. The first-order valence-electron chi connectivity index (χ1n) is 11.1. The van der Waals surface area contributed by atoms with E-state index in [4.69, 9.17) is 0 Å². The van der Waals surface area contributed by atoms with Crippen molar-refractivity contribution in [2.75, 3.05) is 0 Å². The van der Waals surface area contributed by atoms with Crippen molar-refractivity contribution in [2.45, 2.75) is 103 Å². The van der Waals surface area contributed by atoms with Crippen molar-refractivity contribution in [1.82, 2.24) is 0 Å². The largest absolute Gasteiger partial charge is 0.481 e. The summed E-state index contributed by atoms with van der Waals surface area (Å²) in [5, 5.41) is 20.7. The summed E-state index contributed by atoms with van der Waals surface area (Å²) in [6.45, 7) is 6.30. The molecule has 1 aliphatic carbocycles. The zero-order chi connectivity index (χ0) is 20.3. The maximum absolute atomic E-state index is 12.5. The summed E-state index contributed by atoms with van der Waals surface area (Å²) in [6.07, 6.45) is 14.0. The molecular formula is C23H40O4. The molecule has 0 saturated heterocycles. The van der Waals surface area contributed by atoms with Gasteiger partial charge in [0.25, 0.3) is 0 Å². The van der Waals surface area contributed by atoms with Gasteiger partial charge in [-0.15, -0.1) is 0 Å². The maximum atomic E-state index is 12.5. The van der Waals surface area contributed by atoms with Gasteiger partial charge in [0.05, 0.1) is 11.5 Å². The number of hydrogen-bond acceptors (Lipinski definition) is 3. The van der Waals surface area contributed by atoms with Crippen LogP contribution in [0.2, 0.25) is 0 Å². The van der Waals surface area contributed by atoms with Crippen molar-refractivity contribution >= 4 is 11.8 Å². The molecule has 1 saturated carbocycles. The SMILES string of the molecule is CCCCCC(C(=O)O)[C@@H]1C(=O)CC[C@@H]1C=CC(O)(CCC)CCCCC. The van der Waals surface area contributed by atoms with Crippen molar-refractivity contribution < 1.29 is 19.8 Å². The van der Waals surface area contributed by atoms with Crippen LogP contribution in [0.5, 0.6) is 0 Å². The van der Waals surface area contributed by atoms with E-state index >= 15 is 0 Å². The van der Waals surface area contributed by atoms with Gasteiger partial charge >= 0.3 is 5.97 Å². The molecule has 0 aliphatic heterocycles. The van der Waals surface area contributed by atoms with Crippen LogP contribution in [0.25, 0.3) is 0 Å². The van der Waals surface area contributed by atoms with Crippen LogP contribution in [-0.2, 0) is 9.59 Å². The van der Waals surface area contributed by atoms with Crippen LogP contribution in [0.15, 0.2) is 12.2 Å². The van der Waals surface area contributed by atoms with Crippen LogP contribution >= 0.6 is 0 Å². The van der Waals surface area contributed by atoms with Gasteiger partial charge in [0.2, 0.25) is 0 Å². The van der Waals surface area contributed by atoms with Gasteiger partial charge in [-0.05, 0) is 31.6 Å². The number of hydrogen-bond donors (Lipinski definition) is 2. The smallest absolute Gasteiger partial charge is 0.307 e. The highest BCUT2D eigenvalue weighted by molar-refractivity contribution is 5.88. The highest BCUT2D eigenvalue weighted by atomic mass is 16.4. The third kappa shape index (κ3) is 7.77. The molecule has 0 bridgehead atoms. The number of carbonyl (C=O) groups is 2. The number of rotatable bonds is 14. The quantitative estimate of drug-likeness (QED) is 0.307. The summed E-state index contributed by atoms with van der Waals surface area (Å²) in [7, 11) is 0. The Morgan fingerprint density at radius 2 is 1.78 bits per heavy atom. The molecule has 4 atom stereocenters. The molecule has 0 aromatic carbocycles. The lowest BCUT2D eigenvalue weighted by Crippen LogP contribution is -2.31.